The van der Waals surface area contributed by atoms with E-state index in [1.54, 1.807) is 0 Å². The molecule has 0 aliphatic rings. The summed E-state index contributed by atoms with van der Waals surface area (Å²) in [5, 5.41) is 7.75. The number of primary sulfonamides is 1. The monoisotopic (exact) mass is 305 g/mol. The lowest BCUT2D eigenvalue weighted by Gasteiger charge is -2.11. The second kappa shape index (κ2) is 7.53. The molecule has 20 heavy (non-hydrogen) atoms. The summed E-state index contributed by atoms with van der Waals surface area (Å²) in [4.78, 5) is 1.75. The van der Waals surface area contributed by atoms with Crippen LogP contribution in [0, 0.1) is 5.82 Å². The summed E-state index contributed by atoms with van der Waals surface area (Å²) in [6.45, 7) is 2.28. The van der Waals surface area contributed by atoms with Crippen LogP contribution in [0.1, 0.15) is 0 Å². The van der Waals surface area contributed by atoms with Gasteiger partial charge < -0.3 is 15.0 Å². The van der Waals surface area contributed by atoms with Crippen molar-refractivity contribution in [2.75, 3.05) is 45.7 Å². The summed E-state index contributed by atoms with van der Waals surface area (Å²) in [6.07, 6.45) is 0. The highest BCUT2D eigenvalue weighted by Crippen LogP contribution is 2.17. The quantitative estimate of drug-likeness (QED) is 0.682. The number of anilines is 1. The van der Waals surface area contributed by atoms with Gasteiger partial charge in [-0.15, -0.1) is 0 Å². The van der Waals surface area contributed by atoms with Crippen molar-refractivity contribution in [3.63, 3.8) is 0 Å². The Labute approximate surface area is 118 Å². The van der Waals surface area contributed by atoms with E-state index >= 15 is 0 Å². The number of nitrogens with zero attached hydrogens (tertiary/aromatic N) is 1. The lowest BCUT2D eigenvalue weighted by Crippen LogP contribution is -2.20. The molecule has 0 fully saturated rings. The van der Waals surface area contributed by atoms with Gasteiger partial charge in [0, 0.05) is 13.1 Å². The number of sulfonamides is 1. The van der Waals surface area contributed by atoms with Crippen LogP contribution in [0.3, 0.4) is 0 Å². The van der Waals surface area contributed by atoms with Gasteiger partial charge >= 0.3 is 0 Å². The van der Waals surface area contributed by atoms with Crippen molar-refractivity contribution in [1.29, 1.82) is 0 Å². The first-order chi connectivity index (χ1) is 9.30. The Morgan fingerprint density at radius 1 is 1.35 bits per heavy atom. The molecule has 1 aromatic rings. The molecule has 0 saturated carbocycles. The van der Waals surface area contributed by atoms with Gasteiger partial charge in [0.15, 0.2) is 0 Å². The number of hydrogen-bond donors (Lipinski definition) is 2. The molecule has 0 heterocycles. The van der Waals surface area contributed by atoms with E-state index in [0.717, 1.165) is 12.6 Å². The van der Waals surface area contributed by atoms with Gasteiger partial charge in [0.05, 0.1) is 23.8 Å². The average molecular weight is 305 g/mol. The van der Waals surface area contributed by atoms with Crippen LogP contribution in [0.25, 0.3) is 0 Å². The minimum absolute atomic E-state index is 0.216. The molecule has 0 spiro atoms. The number of rotatable bonds is 8. The van der Waals surface area contributed by atoms with E-state index in [0.29, 0.717) is 19.8 Å². The first kappa shape index (κ1) is 16.8. The molecular weight excluding hydrogens is 285 g/mol. The van der Waals surface area contributed by atoms with Crippen LogP contribution in [0.15, 0.2) is 23.1 Å². The molecule has 0 aromatic heterocycles. The summed E-state index contributed by atoms with van der Waals surface area (Å²) < 4.78 is 41.1. The second-order valence-electron chi connectivity index (χ2n) is 4.53. The van der Waals surface area contributed by atoms with Crippen molar-refractivity contribution in [2.24, 2.45) is 5.14 Å². The van der Waals surface area contributed by atoms with Gasteiger partial charge in [-0.2, -0.15) is 0 Å². The van der Waals surface area contributed by atoms with E-state index in [1.807, 2.05) is 19.0 Å². The molecule has 3 N–H and O–H groups in total. The highest BCUT2D eigenvalue weighted by molar-refractivity contribution is 7.89. The Hall–Kier alpha value is -1.22. The molecule has 8 heteroatoms. The third kappa shape index (κ3) is 5.83. The summed E-state index contributed by atoms with van der Waals surface area (Å²) >= 11 is 0. The first-order valence-electron chi connectivity index (χ1n) is 6.09. The van der Waals surface area contributed by atoms with Crippen molar-refractivity contribution >= 4 is 15.7 Å². The number of ether oxygens (including phenoxy) is 1. The first-order valence-corrected chi connectivity index (χ1v) is 7.64. The van der Waals surface area contributed by atoms with Crippen LogP contribution in [-0.2, 0) is 14.8 Å². The number of likely N-dealkylation sites (N-methyl/N-ethyl adjacent to an activating group) is 1. The predicted octanol–water partition coefficient (Wildman–Crippen LogP) is 0.463. The lowest BCUT2D eigenvalue weighted by molar-refractivity contribution is 0.126. The summed E-state index contributed by atoms with van der Waals surface area (Å²) in [6, 6.07) is 3.49. The maximum Gasteiger partial charge on any atom is 0.238 e. The van der Waals surface area contributed by atoms with Crippen molar-refractivity contribution < 1.29 is 17.5 Å². The molecule has 0 aliphatic carbocycles. The average Bonchev–Trinajstić information content (AvgIpc) is 2.33. The molecule has 0 aliphatic heterocycles. The summed E-state index contributed by atoms with van der Waals surface area (Å²) in [5.74, 6) is -0.662. The van der Waals surface area contributed by atoms with E-state index in [-0.39, 0.29) is 10.6 Å². The number of nitrogens with two attached hydrogens (primary N) is 1. The van der Waals surface area contributed by atoms with E-state index < -0.39 is 15.8 Å². The fraction of sp³-hybridized carbons (Fsp3) is 0.500. The zero-order chi connectivity index (χ0) is 15.2. The number of benzene rings is 1. The fourth-order valence-electron chi connectivity index (χ4n) is 1.42. The Kier molecular flexibility index (Phi) is 6.34. The topological polar surface area (TPSA) is 84.7 Å². The van der Waals surface area contributed by atoms with E-state index in [1.165, 1.54) is 12.1 Å². The van der Waals surface area contributed by atoms with Crippen LogP contribution < -0.4 is 10.5 Å². The molecular formula is C12H20FN3O3S. The zero-order valence-corrected chi connectivity index (χ0v) is 12.4. The number of halogens is 1. The smallest absolute Gasteiger partial charge is 0.238 e. The van der Waals surface area contributed by atoms with Crippen LogP contribution in [0.4, 0.5) is 10.1 Å². The van der Waals surface area contributed by atoms with E-state index in [9.17, 15) is 12.8 Å². The molecule has 0 radical (unpaired) electrons. The maximum absolute atomic E-state index is 13.6. The normalized spacial score (nSPS) is 11.8. The summed E-state index contributed by atoms with van der Waals surface area (Å²) in [7, 11) is 0.0170. The number of hydrogen-bond acceptors (Lipinski definition) is 5. The molecule has 0 amide bonds. The van der Waals surface area contributed by atoms with Crippen molar-refractivity contribution in [1.82, 2.24) is 4.90 Å². The standard InChI is InChI=1S/C12H20FN3O3S/c1-16(2)6-8-19-7-5-15-12-4-3-10(9-11(12)13)20(14,17)18/h3-4,9,15H,5-8H2,1-2H3,(H2,14,17,18). The van der Waals surface area contributed by atoms with Crippen LogP contribution in [-0.4, -0.2) is 53.7 Å². The molecule has 0 unspecified atom stereocenters. The molecule has 114 valence electrons. The Balaban J connectivity index is 2.42. The summed E-state index contributed by atoms with van der Waals surface area (Å²) in [5.41, 5.74) is 0.216. The Bertz CT molecular complexity index is 535. The van der Waals surface area contributed by atoms with Gasteiger partial charge in [-0.1, -0.05) is 0 Å². The predicted molar refractivity (Wildman–Crippen MR) is 75.6 cm³/mol. The molecule has 1 aromatic carbocycles. The Morgan fingerprint density at radius 3 is 2.60 bits per heavy atom. The van der Waals surface area contributed by atoms with Crippen LogP contribution in [0.2, 0.25) is 0 Å². The molecule has 0 bridgehead atoms. The van der Waals surface area contributed by atoms with Crippen molar-refractivity contribution in [3.8, 4) is 0 Å². The highest BCUT2D eigenvalue weighted by atomic mass is 32.2. The lowest BCUT2D eigenvalue weighted by atomic mass is 10.3. The van der Waals surface area contributed by atoms with Gasteiger partial charge in [-0.25, -0.2) is 17.9 Å². The fourth-order valence-corrected chi connectivity index (χ4v) is 1.95. The van der Waals surface area contributed by atoms with Gasteiger partial charge in [0.1, 0.15) is 5.82 Å². The molecule has 1 rings (SSSR count). The van der Waals surface area contributed by atoms with Crippen molar-refractivity contribution in [3.05, 3.63) is 24.0 Å². The molecule has 6 nitrogen and oxygen atoms in total. The van der Waals surface area contributed by atoms with Gasteiger partial charge in [-0.05, 0) is 32.3 Å². The van der Waals surface area contributed by atoms with Crippen LogP contribution in [0.5, 0.6) is 0 Å². The minimum atomic E-state index is -3.88. The Morgan fingerprint density at radius 2 is 2.05 bits per heavy atom. The van der Waals surface area contributed by atoms with E-state index in [4.69, 9.17) is 9.88 Å². The van der Waals surface area contributed by atoms with Crippen molar-refractivity contribution in [2.45, 2.75) is 4.90 Å². The third-order valence-electron chi connectivity index (χ3n) is 2.51. The van der Waals surface area contributed by atoms with Gasteiger partial charge in [-0.3, -0.25) is 0 Å². The molecule has 0 atom stereocenters. The SMILES string of the molecule is CN(C)CCOCCNc1ccc(S(N)(=O)=O)cc1F. The van der Waals surface area contributed by atoms with E-state index in [2.05, 4.69) is 5.32 Å². The van der Waals surface area contributed by atoms with Gasteiger partial charge in [0.2, 0.25) is 10.0 Å². The molecule has 0 saturated heterocycles. The highest BCUT2D eigenvalue weighted by Gasteiger charge is 2.11. The zero-order valence-electron chi connectivity index (χ0n) is 11.6. The largest absolute Gasteiger partial charge is 0.380 e. The van der Waals surface area contributed by atoms with Crippen LogP contribution >= 0.6 is 0 Å². The minimum Gasteiger partial charge on any atom is -0.380 e. The van der Waals surface area contributed by atoms with Gasteiger partial charge in [0.25, 0.3) is 0 Å². The second-order valence-corrected chi connectivity index (χ2v) is 6.09. The maximum atomic E-state index is 13.6. The third-order valence-corrected chi connectivity index (χ3v) is 3.42. The number of nitrogens with one attached hydrogen (secondary N) is 1.